The molecular weight excluding hydrogens is 893 g/mol. The van der Waals surface area contributed by atoms with Crippen LogP contribution in [0.5, 0.6) is 0 Å². The third-order valence-electron chi connectivity index (χ3n) is 14.9. The predicted molar refractivity (Wildman–Crippen MR) is 317 cm³/mol. The normalized spacial score (nSPS) is 11.5. The van der Waals surface area contributed by atoms with Crippen molar-refractivity contribution in [3.05, 3.63) is 291 Å². The monoisotopic (exact) mass is 940 g/mol. The lowest BCUT2D eigenvalue weighted by atomic mass is 9.84. The van der Waals surface area contributed by atoms with Crippen LogP contribution in [0.1, 0.15) is 0 Å². The van der Waals surface area contributed by atoms with Gasteiger partial charge in [0.1, 0.15) is 0 Å². The van der Waals surface area contributed by atoms with Crippen LogP contribution < -0.4 is 9.80 Å². The van der Waals surface area contributed by atoms with Gasteiger partial charge < -0.3 is 9.80 Å². The van der Waals surface area contributed by atoms with Crippen LogP contribution in [-0.2, 0) is 0 Å². The molecule has 0 unspecified atom stereocenters. The molecule has 0 aliphatic carbocycles. The largest absolute Gasteiger partial charge is 0.310 e. The molecule has 346 valence electrons. The first-order valence-electron chi connectivity index (χ1n) is 25.5. The highest BCUT2D eigenvalue weighted by atomic mass is 15.1. The maximum absolute atomic E-state index is 2.45. The Morgan fingerprint density at radius 3 is 1.09 bits per heavy atom. The average Bonchev–Trinajstić information content (AvgIpc) is 3.47. The number of nitrogens with zero attached hydrogens (tertiary/aromatic N) is 2. The van der Waals surface area contributed by atoms with Crippen LogP contribution in [-0.4, -0.2) is 0 Å². The molecule has 0 saturated carbocycles. The molecule has 14 rings (SSSR count). The number of para-hydroxylation sites is 2. The van der Waals surface area contributed by atoms with Crippen LogP contribution in [0.3, 0.4) is 0 Å². The van der Waals surface area contributed by atoms with E-state index in [2.05, 4.69) is 301 Å². The summed E-state index contributed by atoms with van der Waals surface area (Å²) in [5.41, 5.74) is 13.7. The highest BCUT2D eigenvalue weighted by Gasteiger charge is 2.23. The van der Waals surface area contributed by atoms with E-state index in [4.69, 9.17) is 0 Å². The van der Waals surface area contributed by atoms with Crippen molar-refractivity contribution in [2.24, 2.45) is 0 Å². The summed E-state index contributed by atoms with van der Waals surface area (Å²) in [5, 5.41) is 14.5. The van der Waals surface area contributed by atoms with Crippen LogP contribution in [0.2, 0.25) is 0 Å². The van der Waals surface area contributed by atoms with Gasteiger partial charge in [-0.2, -0.15) is 0 Å². The first-order chi connectivity index (χ1) is 36.7. The van der Waals surface area contributed by atoms with E-state index < -0.39 is 0 Å². The van der Waals surface area contributed by atoms with Crippen molar-refractivity contribution in [3.63, 3.8) is 0 Å². The summed E-state index contributed by atoms with van der Waals surface area (Å²) in [5.74, 6) is 0. The first kappa shape index (κ1) is 43.1. The molecule has 0 heterocycles. The SMILES string of the molecule is c1ccc(N(c2ccc3ccccc3c2)c2ccc3c(-c4cccc5ccccc45)c4cc(N(c5ccccc5)c5ccc6ccccc6c5)ccc4c(-c4ccc(-c5cccc6ccccc56)cc4)c3c2)cc1. The van der Waals surface area contributed by atoms with Gasteiger partial charge >= 0.3 is 0 Å². The predicted octanol–water partition coefficient (Wildman–Crippen LogP) is 20.5. The molecule has 0 spiro atoms. The molecule has 0 aromatic heterocycles. The summed E-state index contributed by atoms with van der Waals surface area (Å²) < 4.78 is 0. The van der Waals surface area contributed by atoms with Crippen LogP contribution >= 0.6 is 0 Å². The van der Waals surface area contributed by atoms with Crippen molar-refractivity contribution < 1.29 is 0 Å². The van der Waals surface area contributed by atoms with Crippen molar-refractivity contribution in [2.75, 3.05) is 9.80 Å². The number of benzene rings is 14. The maximum Gasteiger partial charge on any atom is 0.0468 e. The minimum absolute atomic E-state index is 1.08. The van der Waals surface area contributed by atoms with Crippen LogP contribution in [0.15, 0.2) is 291 Å². The molecule has 0 amide bonds. The van der Waals surface area contributed by atoms with Gasteiger partial charge in [-0.05, 0) is 171 Å². The molecule has 74 heavy (non-hydrogen) atoms. The molecule has 0 fully saturated rings. The molecule has 0 aliphatic heterocycles. The van der Waals surface area contributed by atoms with E-state index >= 15 is 0 Å². The summed E-state index contributed by atoms with van der Waals surface area (Å²) in [6, 6.07) is 107. The lowest BCUT2D eigenvalue weighted by molar-refractivity contribution is 1.29. The van der Waals surface area contributed by atoms with E-state index in [-0.39, 0.29) is 0 Å². The van der Waals surface area contributed by atoms with E-state index in [1.165, 1.54) is 92.5 Å². The van der Waals surface area contributed by atoms with Crippen molar-refractivity contribution in [2.45, 2.75) is 0 Å². The number of hydrogen-bond donors (Lipinski definition) is 0. The van der Waals surface area contributed by atoms with Gasteiger partial charge in [-0.15, -0.1) is 0 Å². The smallest absolute Gasteiger partial charge is 0.0468 e. The second-order valence-electron chi connectivity index (χ2n) is 19.2. The second-order valence-corrected chi connectivity index (χ2v) is 19.2. The van der Waals surface area contributed by atoms with Gasteiger partial charge in [-0.3, -0.25) is 0 Å². The van der Waals surface area contributed by atoms with Crippen molar-refractivity contribution in [1.82, 2.24) is 0 Å². The van der Waals surface area contributed by atoms with Gasteiger partial charge in [-0.25, -0.2) is 0 Å². The molecule has 14 aromatic rings. The maximum atomic E-state index is 2.45. The van der Waals surface area contributed by atoms with E-state index in [1.54, 1.807) is 0 Å². The van der Waals surface area contributed by atoms with Gasteiger partial charge in [0, 0.05) is 34.1 Å². The number of rotatable bonds is 9. The second kappa shape index (κ2) is 18.1. The summed E-state index contributed by atoms with van der Waals surface area (Å²) in [6.45, 7) is 0. The topological polar surface area (TPSA) is 6.48 Å². The number of hydrogen-bond acceptors (Lipinski definition) is 2. The first-order valence-corrected chi connectivity index (χ1v) is 25.5. The fourth-order valence-corrected chi connectivity index (χ4v) is 11.5. The van der Waals surface area contributed by atoms with Gasteiger partial charge in [0.15, 0.2) is 0 Å². The molecule has 0 saturated heterocycles. The Kier molecular flexibility index (Phi) is 10.6. The Labute approximate surface area is 430 Å². The van der Waals surface area contributed by atoms with Crippen molar-refractivity contribution in [1.29, 1.82) is 0 Å². The Bertz CT molecular complexity index is 4420. The van der Waals surface area contributed by atoms with E-state index in [1.807, 2.05) is 0 Å². The molecule has 0 bridgehead atoms. The third-order valence-corrected chi connectivity index (χ3v) is 14.9. The molecule has 0 N–H and O–H groups in total. The zero-order valence-electron chi connectivity index (χ0n) is 40.6. The molecule has 2 nitrogen and oxygen atoms in total. The third kappa shape index (κ3) is 7.52. The Morgan fingerprint density at radius 1 is 0.176 bits per heavy atom. The quantitative estimate of drug-likeness (QED) is 0.133. The summed E-state index contributed by atoms with van der Waals surface area (Å²) >= 11 is 0. The Morgan fingerprint density at radius 2 is 0.554 bits per heavy atom. The molecule has 14 aromatic carbocycles. The standard InChI is InChI=1S/C72H48N2/c1-3-25-57(26-4-1)73(59-39-37-49-17-7-9-21-55(49)45-59)61-42-44-68-69(47-61)71(54-35-33-53(34-36-54)64-31-15-23-51-19-11-13-29-63(51)64)67-43-41-62(48-70(67)72(68)66-32-16-24-52-20-12-14-30-65(52)66)74(58-27-5-2-6-28-58)60-40-38-50-18-8-10-22-56(50)46-60/h1-48H. The Balaban J connectivity index is 1.08. The zero-order chi connectivity index (χ0) is 49.0. The van der Waals surface area contributed by atoms with E-state index in [9.17, 15) is 0 Å². The minimum Gasteiger partial charge on any atom is -0.310 e. The van der Waals surface area contributed by atoms with Crippen LogP contribution in [0.25, 0.3) is 98.0 Å². The van der Waals surface area contributed by atoms with Crippen LogP contribution in [0.4, 0.5) is 34.1 Å². The lowest BCUT2D eigenvalue weighted by Crippen LogP contribution is -2.10. The highest BCUT2D eigenvalue weighted by molar-refractivity contribution is 6.25. The Hall–Kier alpha value is -9.76. The van der Waals surface area contributed by atoms with Gasteiger partial charge in [-0.1, -0.05) is 218 Å². The van der Waals surface area contributed by atoms with Gasteiger partial charge in [0.25, 0.3) is 0 Å². The lowest BCUT2D eigenvalue weighted by Gasteiger charge is -2.28. The summed E-state index contributed by atoms with van der Waals surface area (Å²) in [4.78, 5) is 4.82. The van der Waals surface area contributed by atoms with Gasteiger partial charge in [0.2, 0.25) is 0 Å². The number of fused-ring (bicyclic) bond motifs is 6. The van der Waals surface area contributed by atoms with Gasteiger partial charge in [0.05, 0.1) is 0 Å². The van der Waals surface area contributed by atoms with E-state index in [0.29, 0.717) is 0 Å². The minimum atomic E-state index is 1.08. The molecule has 0 aliphatic rings. The highest BCUT2D eigenvalue weighted by Crippen LogP contribution is 2.50. The molecule has 0 radical (unpaired) electrons. The van der Waals surface area contributed by atoms with Crippen molar-refractivity contribution >= 4 is 98.8 Å². The van der Waals surface area contributed by atoms with E-state index in [0.717, 1.165) is 39.7 Å². The fourth-order valence-electron chi connectivity index (χ4n) is 11.5. The molecule has 0 atom stereocenters. The summed E-state index contributed by atoms with van der Waals surface area (Å²) in [6.07, 6.45) is 0. The zero-order valence-corrected chi connectivity index (χ0v) is 40.6. The molecule has 2 heteroatoms. The van der Waals surface area contributed by atoms with Crippen molar-refractivity contribution in [3.8, 4) is 33.4 Å². The fraction of sp³-hybridized carbons (Fsp3) is 0. The summed E-state index contributed by atoms with van der Waals surface area (Å²) in [7, 11) is 0. The molecular formula is C72H48N2. The number of anilines is 6. The van der Waals surface area contributed by atoms with Crippen LogP contribution in [0, 0.1) is 0 Å². The average molecular weight is 941 g/mol.